The van der Waals surface area contributed by atoms with Crippen molar-refractivity contribution >= 4 is 0 Å². The zero-order chi connectivity index (χ0) is 17.7. The number of rotatable bonds is 2. The van der Waals surface area contributed by atoms with E-state index in [0.717, 1.165) is 48.6 Å². The van der Waals surface area contributed by atoms with E-state index in [-0.39, 0.29) is 5.75 Å². The first-order chi connectivity index (χ1) is 12.5. The quantitative estimate of drug-likeness (QED) is 0.706. The summed E-state index contributed by atoms with van der Waals surface area (Å²) in [5.74, 6) is 1.46. The molecule has 1 aromatic rings. The van der Waals surface area contributed by atoms with Gasteiger partial charge in [-0.25, -0.2) is 0 Å². The third-order valence-corrected chi connectivity index (χ3v) is 8.39. The van der Waals surface area contributed by atoms with Crippen molar-refractivity contribution in [1.29, 1.82) is 0 Å². The van der Waals surface area contributed by atoms with Crippen LogP contribution in [0.3, 0.4) is 0 Å². The van der Waals surface area contributed by atoms with Gasteiger partial charge in [-0.2, -0.15) is 0 Å². The summed E-state index contributed by atoms with van der Waals surface area (Å²) in [5, 5.41) is 33.2. The average molecular weight is 358 g/mol. The van der Waals surface area contributed by atoms with E-state index in [2.05, 4.69) is 0 Å². The summed E-state index contributed by atoms with van der Waals surface area (Å²) < 4.78 is 7.13. The maximum atomic E-state index is 12.0. The summed E-state index contributed by atoms with van der Waals surface area (Å²) in [4.78, 5) is 0. The Hall–Kier alpha value is -1.30. The van der Waals surface area contributed by atoms with Gasteiger partial charge in [0.25, 0.3) is 0 Å². The molecule has 4 aliphatic heterocycles. The molecule has 2 aliphatic carbocycles. The van der Waals surface area contributed by atoms with E-state index in [9.17, 15) is 15.3 Å². The molecule has 2 bridgehead atoms. The van der Waals surface area contributed by atoms with Crippen LogP contribution in [0.4, 0.5) is 0 Å². The molecule has 3 fully saturated rings. The van der Waals surface area contributed by atoms with Gasteiger partial charge in [0, 0.05) is 23.5 Å². The summed E-state index contributed by atoms with van der Waals surface area (Å²) in [6.45, 7) is 3.85. The van der Waals surface area contributed by atoms with E-state index in [4.69, 9.17) is 4.74 Å². The number of nitrogens with zero attached hydrogens (tertiary/aromatic N) is 1. The van der Waals surface area contributed by atoms with E-state index in [1.54, 1.807) is 6.07 Å². The predicted molar refractivity (Wildman–Crippen MR) is 94.9 cm³/mol. The highest BCUT2D eigenvalue weighted by Gasteiger charge is 2.73. The molecule has 4 heterocycles. The van der Waals surface area contributed by atoms with Gasteiger partial charge in [-0.1, -0.05) is 6.42 Å². The topological polar surface area (TPSA) is 69.9 Å². The molecule has 5 atom stereocenters. The van der Waals surface area contributed by atoms with Crippen LogP contribution >= 0.6 is 0 Å². The fourth-order valence-electron chi connectivity index (χ4n) is 7.10. The normalized spacial score (nSPS) is 45.6. The standard InChI is InChI=1S/C21H27NO4/c23-15-5-4-14-11-22(10-13-2-1-3-13)9-8-21-17(14)18(15)26-19(21)16(24)6-7-20(21,25)12-22/h4-5,13,16,19,24-25H,1-3,6-12H2/p+1/t16-,19-,20+,21?,22?/m0/s1. The Morgan fingerprint density at radius 3 is 2.81 bits per heavy atom. The molecular formula is C21H28NO4+. The van der Waals surface area contributed by atoms with Crippen LogP contribution in [0.1, 0.15) is 49.7 Å². The summed E-state index contributed by atoms with van der Waals surface area (Å²) in [6.07, 6.45) is 4.98. The largest absolute Gasteiger partial charge is 0.504 e. The Labute approximate surface area is 153 Å². The number of quaternary nitrogens is 1. The molecule has 1 aromatic carbocycles. The van der Waals surface area contributed by atoms with Gasteiger partial charge in [-0.3, -0.25) is 0 Å². The minimum absolute atomic E-state index is 0.146. The zero-order valence-corrected chi connectivity index (χ0v) is 15.2. The number of hydrogen-bond donors (Lipinski definition) is 3. The van der Waals surface area contributed by atoms with Gasteiger partial charge >= 0.3 is 0 Å². The Kier molecular flexibility index (Phi) is 2.87. The second-order valence-electron chi connectivity index (χ2n) is 9.71. The number of piperidine rings is 1. The van der Waals surface area contributed by atoms with Crippen LogP contribution in [0, 0.1) is 5.92 Å². The van der Waals surface area contributed by atoms with Crippen molar-refractivity contribution < 1.29 is 24.5 Å². The number of hydrogen-bond acceptors (Lipinski definition) is 4. The van der Waals surface area contributed by atoms with Crippen LogP contribution in [0.15, 0.2) is 12.1 Å². The predicted octanol–water partition coefficient (Wildman–Crippen LogP) is 1.81. The smallest absolute Gasteiger partial charge is 0.166 e. The summed E-state index contributed by atoms with van der Waals surface area (Å²) in [5.41, 5.74) is 0.798. The number of aromatic hydroxyl groups is 1. The molecule has 1 saturated heterocycles. The van der Waals surface area contributed by atoms with Crippen molar-refractivity contribution in [3.63, 3.8) is 0 Å². The molecule has 0 amide bonds. The number of phenolic OH excluding ortho intramolecular Hbond substituents is 1. The Balaban J connectivity index is 1.57. The van der Waals surface area contributed by atoms with E-state index < -0.39 is 23.2 Å². The first kappa shape index (κ1) is 15.7. The van der Waals surface area contributed by atoms with E-state index in [0.29, 0.717) is 18.6 Å². The lowest BCUT2D eigenvalue weighted by molar-refractivity contribution is -0.955. The number of aliphatic hydroxyl groups is 2. The maximum absolute atomic E-state index is 12.0. The summed E-state index contributed by atoms with van der Waals surface area (Å²) in [6, 6.07) is 3.77. The monoisotopic (exact) mass is 358 g/mol. The number of benzene rings is 1. The van der Waals surface area contributed by atoms with E-state index in [1.807, 2.05) is 6.07 Å². The number of aliphatic hydroxyl groups excluding tert-OH is 1. The fraction of sp³-hybridized carbons (Fsp3) is 0.714. The van der Waals surface area contributed by atoms with Gasteiger partial charge in [0.1, 0.15) is 24.8 Å². The van der Waals surface area contributed by atoms with Crippen LogP contribution < -0.4 is 4.74 Å². The van der Waals surface area contributed by atoms with Crippen molar-refractivity contribution in [2.45, 2.75) is 68.3 Å². The molecule has 5 heteroatoms. The molecule has 6 aliphatic rings. The average Bonchev–Trinajstić information content (AvgIpc) is 2.83. The van der Waals surface area contributed by atoms with Crippen LogP contribution in [-0.2, 0) is 12.0 Å². The number of fused-ring (bicyclic) bond motifs is 1. The molecule has 2 unspecified atom stereocenters. The van der Waals surface area contributed by atoms with Crippen molar-refractivity contribution in [3.05, 3.63) is 23.3 Å². The van der Waals surface area contributed by atoms with Crippen LogP contribution in [0.5, 0.6) is 11.5 Å². The van der Waals surface area contributed by atoms with E-state index >= 15 is 0 Å². The molecule has 2 saturated carbocycles. The van der Waals surface area contributed by atoms with Crippen molar-refractivity contribution in [2.24, 2.45) is 5.92 Å². The maximum Gasteiger partial charge on any atom is 0.166 e. The Bertz CT molecular complexity index is 792. The highest BCUT2D eigenvalue weighted by atomic mass is 16.5. The molecule has 26 heavy (non-hydrogen) atoms. The zero-order valence-electron chi connectivity index (χ0n) is 15.2. The van der Waals surface area contributed by atoms with Crippen molar-refractivity contribution in [3.8, 4) is 11.5 Å². The highest BCUT2D eigenvalue weighted by Crippen LogP contribution is 2.64. The lowest BCUT2D eigenvalue weighted by Gasteiger charge is -2.58. The number of ether oxygens (including phenoxy) is 1. The lowest BCUT2D eigenvalue weighted by Crippen LogP contribution is -2.74. The molecular weight excluding hydrogens is 330 g/mol. The second-order valence-corrected chi connectivity index (χ2v) is 9.71. The fourth-order valence-corrected chi connectivity index (χ4v) is 7.10. The van der Waals surface area contributed by atoms with Crippen LogP contribution in [0.2, 0.25) is 0 Å². The SMILES string of the molecule is Oc1ccc2c3c1O[C@H]1[C@@H](O)CC[C@@]4(O)C[N+](CC5CCC5)(CCC314)C2. The van der Waals surface area contributed by atoms with Gasteiger partial charge in [0.2, 0.25) is 0 Å². The first-order valence-electron chi connectivity index (χ1n) is 10.2. The van der Waals surface area contributed by atoms with Gasteiger partial charge in [-0.15, -0.1) is 0 Å². The molecule has 0 radical (unpaired) electrons. The second kappa shape index (κ2) is 4.75. The van der Waals surface area contributed by atoms with Gasteiger partial charge in [-0.05, 0) is 37.8 Å². The van der Waals surface area contributed by atoms with E-state index in [1.165, 1.54) is 24.8 Å². The van der Waals surface area contributed by atoms with Crippen LogP contribution in [-0.4, -0.2) is 57.2 Å². The third kappa shape index (κ3) is 1.68. The summed E-state index contributed by atoms with van der Waals surface area (Å²) in [7, 11) is 0. The molecule has 5 nitrogen and oxygen atoms in total. The molecule has 1 spiro atoms. The molecule has 0 aromatic heterocycles. The molecule has 7 rings (SSSR count). The number of phenols is 1. The van der Waals surface area contributed by atoms with Gasteiger partial charge < -0.3 is 24.5 Å². The minimum Gasteiger partial charge on any atom is -0.504 e. The van der Waals surface area contributed by atoms with Crippen LogP contribution in [0.25, 0.3) is 0 Å². The van der Waals surface area contributed by atoms with Gasteiger partial charge in [0.15, 0.2) is 11.5 Å². The third-order valence-electron chi connectivity index (χ3n) is 8.39. The minimum atomic E-state index is -0.858. The molecule has 140 valence electrons. The summed E-state index contributed by atoms with van der Waals surface area (Å²) >= 11 is 0. The first-order valence-corrected chi connectivity index (χ1v) is 10.2. The highest BCUT2D eigenvalue weighted by molar-refractivity contribution is 5.60. The van der Waals surface area contributed by atoms with Crippen molar-refractivity contribution in [1.82, 2.24) is 0 Å². The van der Waals surface area contributed by atoms with Crippen molar-refractivity contribution in [2.75, 3.05) is 19.6 Å². The Morgan fingerprint density at radius 1 is 1.19 bits per heavy atom. The molecule has 3 N–H and O–H groups in total. The lowest BCUT2D eigenvalue weighted by atomic mass is 9.55. The Morgan fingerprint density at radius 2 is 2.04 bits per heavy atom. The van der Waals surface area contributed by atoms with Gasteiger partial charge in [0.05, 0.1) is 24.6 Å².